The molecule has 0 bridgehead atoms. The van der Waals surface area contributed by atoms with Crippen LogP contribution in [0.2, 0.25) is 0 Å². The van der Waals surface area contributed by atoms with Gasteiger partial charge in [-0.3, -0.25) is 4.79 Å². The molecule has 1 aromatic heterocycles. The second-order valence-electron chi connectivity index (χ2n) is 3.29. The third kappa shape index (κ3) is 3.72. The Morgan fingerprint density at radius 2 is 2.38 bits per heavy atom. The van der Waals surface area contributed by atoms with Gasteiger partial charge in [-0.25, -0.2) is 9.97 Å². The summed E-state index contributed by atoms with van der Waals surface area (Å²) in [6.07, 6.45) is 2.22. The van der Waals surface area contributed by atoms with Crippen molar-refractivity contribution in [2.24, 2.45) is 0 Å². The molecule has 1 aromatic rings. The minimum atomic E-state index is -0.936. The van der Waals surface area contributed by atoms with Gasteiger partial charge in [-0.1, -0.05) is 6.92 Å². The van der Waals surface area contributed by atoms with Crippen LogP contribution in [0.15, 0.2) is 12.4 Å². The SMILES string of the molecule is CCCOc1cc(NC(C)C(=O)O)ncn1. The molecule has 0 radical (unpaired) electrons. The average molecular weight is 225 g/mol. The maximum absolute atomic E-state index is 10.6. The van der Waals surface area contributed by atoms with Gasteiger partial charge >= 0.3 is 5.97 Å². The molecule has 0 aliphatic carbocycles. The first-order valence-electron chi connectivity index (χ1n) is 5.07. The van der Waals surface area contributed by atoms with Crippen LogP contribution in [0.5, 0.6) is 5.88 Å². The molecule has 1 rings (SSSR count). The van der Waals surface area contributed by atoms with Gasteiger partial charge < -0.3 is 15.2 Å². The summed E-state index contributed by atoms with van der Waals surface area (Å²) in [5, 5.41) is 11.4. The molecule has 1 heterocycles. The quantitative estimate of drug-likeness (QED) is 0.755. The van der Waals surface area contributed by atoms with Crippen LogP contribution >= 0.6 is 0 Å². The van der Waals surface area contributed by atoms with Crippen LogP contribution in [0.3, 0.4) is 0 Å². The molecular weight excluding hydrogens is 210 g/mol. The summed E-state index contributed by atoms with van der Waals surface area (Å²) in [7, 11) is 0. The zero-order valence-electron chi connectivity index (χ0n) is 9.30. The van der Waals surface area contributed by atoms with Crippen molar-refractivity contribution in [2.75, 3.05) is 11.9 Å². The Morgan fingerprint density at radius 3 is 3.00 bits per heavy atom. The van der Waals surface area contributed by atoms with E-state index < -0.39 is 12.0 Å². The van der Waals surface area contributed by atoms with Crippen LogP contribution in [0.4, 0.5) is 5.82 Å². The van der Waals surface area contributed by atoms with E-state index >= 15 is 0 Å². The maximum Gasteiger partial charge on any atom is 0.325 e. The Hall–Kier alpha value is -1.85. The van der Waals surface area contributed by atoms with Gasteiger partial charge in [0.1, 0.15) is 18.2 Å². The molecule has 0 fully saturated rings. The van der Waals surface area contributed by atoms with E-state index in [0.717, 1.165) is 6.42 Å². The second kappa shape index (κ2) is 5.89. The normalized spacial score (nSPS) is 11.9. The van der Waals surface area contributed by atoms with E-state index in [1.165, 1.54) is 13.3 Å². The van der Waals surface area contributed by atoms with Crippen molar-refractivity contribution in [3.8, 4) is 5.88 Å². The summed E-state index contributed by atoms with van der Waals surface area (Å²) in [5.41, 5.74) is 0. The first-order valence-corrected chi connectivity index (χ1v) is 5.07. The Bertz CT molecular complexity index is 357. The highest BCUT2D eigenvalue weighted by atomic mass is 16.5. The van der Waals surface area contributed by atoms with E-state index in [0.29, 0.717) is 18.3 Å². The van der Waals surface area contributed by atoms with Gasteiger partial charge in [0.15, 0.2) is 0 Å². The van der Waals surface area contributed by atoms with Gasteiger partial charge in [0.05, 0.1) is 6.61 Å². The molecule has 0 aromatic carbocycles. The smallest absolute Gasteiger partial charge is 0.325 e. The summed E-state index contributed by atoms with van der Waals surface area (Å²) in [6, 6.07) is 0.878. The first kappa shape index (κ1) is 12.2. The molecule has 0 saturated heterocycles. The number of carboxylic acids is 1. The van der Waals surface area contributed by atoms with Crippen molar-refractivity contribution in [1.82, 2.24) is 9.97 Å². The van der Waals surface area contributed by atoms with Crippen LogP contribution in [0.25, 0.3) is 0 Å². The van der Waals surface area contributed by atoms with E-state index in [2.05, 4.69) is 15.3 Å². The number of anilines is 1. The Labute approximate surface area is 93.7 Å². The summed E-state index contributed by atoms with van der Waals surface area (Å²) in [5.74, 6) is -0.0532. The fourth-order valence-electron chi connectivity index (χ4n) is 0.988. The summed E-state index contributed by atoms with van der Waals surface area (Å²) in [6.45, 7) is 4.11. The molecule has 88 valence electrons. The van der Waals surface area contributed by atoms with Crippen LogP contribution in [0, 0.1) is 0 Å². The average Bonchev–Trinajstić information content (AvgIpc) is 2.26. The van der Waals surface area contributed by atoms with Crippen LogP contribution in [-0.4, -0.2) is 33.7 Å². The third-order valence-electron chi connectivity index (χ3n) is 1.83. The third-order valence-corrected chi connectivity index (χ3v) is 1.83. The maximum atomic E-state index is 10.6. The van der Waals surface area contributed by atoms with Crippen molar-refractivity contribution < 1.29 is 14.6 Å². The number of aliphatic carboxylic acids is 1. The van der Waals surface area contributed by atoms with Gasteiger partial charge in [0, 0.05) is 6.07 Å². The Morgan fingerprint density at radius 1 is 1.62 bits per heavy atom. The molecule has 0 spiro atoms. The molecule has 6 heteroatoms. The van der Waals surface area contributed by atoms with Gasteiger partial charge in [-0.05, 0) is 13.3 Å². The molecule has 16 heavy (non-hydrogen) atoms. The lowest BCUT2D eigenvalue weighted by Crippen LogP contribution is -2.25. The van der Waals surface area contributed by atoms with E-state index in [-0.39, 0.29) is 0 Å². The fourth-order valence-corrected chi connectivity index (χ4v) is 0.988. The number of rotatable bonds is 6. The van der Waals surface area contributed by atoms with Crippen LogP contribution < -0.4 is 10.1 Å². The van der Waals surface area contributed by atoms with Gasteiger partial charge in [-0.2, -0.15) is 0 Å². The van der Waals surface area contributed by atoms with Crippen LogP contribution in [-0.2, 0) is 4.79 Å². The van der Waals surface area contributed by atoms with Gasteiger partial charge in [0.2, 0.25) is 5.88 Å². The molecule has 1 unspecified atom stereocenters. The number of carboxylic acid groups (broad SMARTS) is 1. The zero-order chi connectivity index (χ0) is 12.0. The van der Waals surface area contributed by atoms with E-state index in [1.54, 1.807) is 6.07 Å². The van der Waals surface area contributed by atoms with Crippen molar-refractivity contribution in [3.05, 3.63) is 12.4 Å². The lowest BCUT2D eigenvalue weighted by Gasteiger charge is -2.10. The molecule has 6 nitrogen and oxygen atoms in total. The fraction of sp³-hybridized carbons (Fsp3) is 0.500. The Balaban J connectivity index is 2.63. The number of ether oxygens (including phenoxy) is 1. The highest BCUT2D eigenvalue weighted by molar-refractivity contribution is 5.76. The molecule has 0 amide bonds. The van der Waals surface area contributed by atoms with E-state index in [9.17, 15) is 4.79 Å². The first-order chi connectivity index (χ1) is 7.63. The van der Waals surface area contributed by atoms with Crippen molar-refractivity contribution in [2.45, 2.75) is 26.3 Å². The zero-order valence-corrected chi connectivity index (χ0v) is 9.30. The van der Waals surface area contributed by atoms with Crippen molar-refractivity contribution in [3.63, 3.8) is 0 Å². The molecule has 0 aliphatic heterocycles. The lowest BCUT2D eigenvalue weighted by molar-refractivity contribution is -0.137. The highest BCUT2D eigenvalue weighted by Gasteiger charge is 2.11. The molecule has 1 atom stereocenters. The van der Waals surface area contributed by atoms with E-state index in [4.69, 9.17) is 9.84 Å². The number of hydrogen-bond donors (Lipinski definition) is 2. The number of nitrogens with zero attached hydrogens (tertiary/aromatic N) is 2. The van der Waals surface area contributed by atoms with Gasteiger partial charge in [-0.15, -0.1) is 0 Å². The summed E-state index contributed by atoms with van der Waals surface area (Å²) in [4.78, 5) is 18.4. The monoisotopic (exact) mass is 225 g/mol. The van der Waals surface area contributed by atoms with E-state index in [1.807, 2.05) is 6.92 Å². The number of carbonyl (C=O) groups is 1. The minimum absolute atomic E-state index is 0.441. The molecular formula is C10H15N3O3. The number of nitrogens with one attached hydrogen (secondary N) is 1. The minimum Gasteiger partial charge on any atom is -0.480 e. The Kier molecular flexibility index (Phi) is 4.50. The highest BCUT2D eigenvalue weighted by Crippen LogP contribution is 2.12. The predicted octanol–water partition coefficient (Wildman–Crippen LogP) is 1.15. The largest absolute Gasteiger partial charge is 0.480 e. The topological polar surface area (TPSA) is 84.3 Å². The molecule has 2 N–H and O–H groups in total. The van der Waals surface area contributed by atoms with Crippen LogP contribution in [0.1, 0.15) is 20.3 Å². The lowest BCUT2D eigenvalue weighted by atomic mass is 10.3. The second-order valence-corrected chi connectivity index (χ2v) is 3.29. The molecule has 0 saturated carbocycles. The predicted molar refractivity (Wildman–Crippen MR) is 58.5 cm³/mol. The van der Waals surface area contributed by atoms with Crippen molar-refractivity contribution >= 4 is 11.8 Å². The van der Waals surface area contributed by atoms with Gasteiger partial charge in [0.25, 0.3) is 0 Å². The van der Waals surface area contributed by atoms with Crippen molar-refractivity contribution in [1.29, 1.82) is 0 Å². The standard InChI is InChI=1S/C10H15N3O3/c1-3-4-16-9-5-8(11-6-12-9)13-7(2)10(14)15/h5-7H,3-4H2,1-2H3,(H,14,15)(H,11,12,13). The number of hydrogen-bond acceptors (Lipinski definition) is 5. The molecule has 0 aliphatic rings. The number of aromatic nitrogens is 2. The summed E-state index contributed by atoms with van der Waals surface area (Å²) >= 11 is 0. The summed E-state index contributed by atoms with van der Waals surface area (Å²) < 4.78 is 5.30.